The van der Waals surface area contributed by atoms with Crippen molar-refractivity contribution in [3.8, 4) is 102 Å². The maximum atomic E-state index is 6.46. The number of aromatic nitrogens is 8. The second-order valence-corrected chi connectivity index (χ2v) is 30.9. The fourth-order valence-electron chi connectivity index (χ4n) is 16.9. The monoisotopic (exact) mass is 1490 g/mol. The van der Waals surface area contributed by atoms with Gasteiger partial charge < -0.3 is 18.0 Å². The highest BCUT2D eigenvalue weighted by atomic mass is 32.1. The third-order valence-corrected chi connectivity index (χ3v) is 24.5. The number of benzene rings is 16. The van der Waals surface area contributed by atoms with Crippen LogP contribution in [0.3, 0.4) is 0 Å². The smallest absolute Gasteiger partial charge is 0.165 e. The quantitative estimate of drug-likeness (QED) is 0.133. The molecule has 0 fully saturated rings. The number of fused-ring (bicyclic) bond motifs is 19. The van der Waals surface area contributed by atoms with Crippen molar-refractivity contribution >= 4 is 151 Å². The van der Waals surface area contributed by atoms with Crippen LogP contribution in [-0.2, 0) is 0 Å². The third-order valence-electron chi connectivity index (χ3n) is 22.1. The zero-order chi connectivity index (χ0) is 74.9. The topological polar surface area (TPSA) is 113 Å². The van der Waals surface area contributed by atoms with E-state index < -0.39 is 0 Å². The summed E-state index contributed by atoms with van der Waals surface area (Å²) in [5.41, 5.74) is 20.2. The molecule has 0 aliphatic carbocycles. The molecule has 0 atom stereocenters. The van der Waals surface area contributed by atoms with E-state index in [0.717, 1.165) is 153 Å². The van der Waals surface area contributed by atoms with Gasteiger partial charge >= 0.3 is 0 Å². The second kappa shape index (κ2) is 26.5. The number of furan rings is 2. The summed E-state index contributed by atoms with van der Waals surface area (Å²) < 4.78 is 22.3. The lowest BCUT2D eigenvalue weighted by molar-refractivity contribution is 0.669. The van der Waals surface area contributed by atoms with Crippen molar-refractivity contribution in [2.45, 2.75) is 0 Å². The summed E-state index contributed by atoms with van der Waals surface area (Å²) >= 11 is 3.56. The van der Waals surface area contributed by atoms with Gasteiger partial charge in [0.1, 0.15) is 22.3 Å². The van der Waals surface area contributed by atoms with Crippen LogP contribution in [0.25, 0.3) is 230 Å². The van der Waals surface area contributed by atoms with Crippen LogP contribution < -0.4 is 0 Å². The van der Waals surface area contributed by atoms with Crippen LogP contribution in [0.5, 0.6) is 0 Å². The van der Waals surface area contributed by atoms with Crippen LogP contribution in [0.1, 0.15) is 0 Å². The Morgan fingerprint density at radius 1 is 0.202 bits per heavy atom. The van der Waals surface area contributed by atoms with Crippen LogP contribution in [-0.4, -0.2) is 39.0 Å². The number of rotatable bonds is 10. The van der Waals surface area contributed by atoms with E-state index in [1.165, 1.54) is 41.7 Å². The molecule has 532 valence electrons. The minimum absolute atomic E-state index is 0.625. The van der Waals surface area contributed by atoms with Gasteiger partial charge in [0.2, 0.25) is 0 Å². The predicted molar refractivity (Wildman–Crippen MR) is 472 cm³/mol. The van der Waals surface area contributed by atoms with Crippen molar-refractivity contribution in [1.29, 1.82) is 0 Å². The molecular weight excluding hydrogens is 1430 g/mol. The van der Waals surface area contributed by atoms with E-state index in [9.17, 15) is 0 Å². The zero-order valence-corrected chi connectivity index (χ0v) is 62.5. The molecule has 12 heteroatoms. The highest BCUT2D eigenvalue weighted by Gasteiger charge is 2.26. The Bertz CT molecular complexity index is 8000. The average molecular weight is 1490 g/mol. The van der Waals surface area contributed by atoms with E-state index in [1.54, 1.807) is 22.7 Å². The molecule has 0 saturated carbocycles. The Hall–Kier alpha value is -14.8. The van der Waals surface area contributed by atoms with Gasteiger partial charge in [-0.3, -0.25) is 0 Å². The first kappa shape index (κ1) is 65.1. The SMILES string of the molecule is c1ccc(-c2cccc(-c3nc(-c4ccccc4)nc(-c4cc(-n5c6ccccc6c6c7c(ccc65)oc5ccccc57)cc5c4sc4ccccc45)n3)c2)cc1.c1ccc(-c2cccc(-c3nc(-c4ccccc4)nc(-c4cc(-n5c6ccccc6c6cc7c(cc65)oc5ccccc57)cc5c4sc4ccccc45)n3)c2)cc1. The largest absolute Gasteiger partial charge is 0.456 e. The van der Waals surface area contributed by atoms with Crippen LogP contribution >= 0.6 is 22.7 Å². The molecule has 0 aliphatic heterocycles. The molecule has 24 aromatic rings. The summed E-state index contributed by atoms with van der Waals surface area (Å²) in [4.78, 5) is 31.5. The third kappa shape index (κ3) is 10.8. The van der Waals surface area contributed by atoms with Crippen LogP contribution in [0.15, 0.2) is 373 Å². The highest BCUT2D eigenvalue weighted by Crippen LogP contribution is 2.48. The molecule has 10 nitrogen and oxygen atoms in total. The summed E-state index contributed by atoms with van der Waals surface area (Å²) in [5.74, 6) is 3.77. The number of hydrogen-bond acceptors (Lipinski definition) is 10. The minimum atomic E-state index is 0.625. The molecule has 0 radical (unpaired) electrons. The van der Waals surface area contributed by atoms with E-state index in [4.69, 9.17) is 38.7 Å². The van der Waals surface area contributed by atoms with E-state index in [2.05, 4.69) is 300 Å². The molecule has 0 amide bonds. The Balaban J connectivity index is 0.000000135. The maximum absolute atomic E-state index is 6.46. The van der Waals surface area contributed by atoms with Crippen molar-refractivity contribution in [3.63, 3.8) is 0 Å². The van der Waals surface area contributed by atoms with Gasteiger partial charge in [0, 0.05) is 134 Å². The molecule has 0 bridgehead atoms. The molecule has 8 heterocycles. The van der Waals surface area contributed by atoms with E-state index in [1.807, 2.05) is 72.8 Å². The van der Waals surface area contributed by atoms with E-state index in [0.29, 0.717) is 34.9 Å². The van der Waals surface area contributed by atoms with Gasteiger partial charge in [-0.05, 0) is 113 Å². The first-order valence-corrected chi connectivity index (χ1v) is 39.7. The molecule has 16 aromatic carbocycles. The van der Waals surface area contributed by atoms with Gasteiger partial charge in [0.15, 0.2) is 34.9 Å². The van der Waals surface area contributed by atoms with Gasteiger partial charge in [-0.15, -0.1) is 22.7 Å². The maximum Gasteiger partial charge on any atom is 0.165 e. The first-order valence-electron chi connectivity index (χ1n) is 38.0. The summed E-state index contributed by atoms with van der Waals surface area (Å²) in [6.07, 6.45) is 0. The molecule has 0 spiro atoms. The lowest BCUT2D eigenvalue weighted by Crippen LogP contribution is -2.01. The molecule has 0 saturated heterocycles. The number of hydrogen-bond donors (Lipinski definition) is 0. The van der Waals surface area contributed by atoms with Crippen molar-refractivity contribution in [3.05, 3.63) is 364 Å². The highest BCUT2D eigenvalue weighted by molar-refractivity contribution is 7.26. The second-order valence-electron chi connectivity index (χ2n) is 28.8. The lowest BCUT2D eigenvalue weighted by Gasteiger charge is -2.13. The standard InChI is InChI=1S/2C51H30N4OS/c1-3-14-31(15-4-1)33-18-13-19-34(28-33)50-52-49(32-16-5-2-6-17-32)53-51(54-50)40-30-35(29-39-36-20-9-12-25-45(36)57-48(39)40)55-41-23-10-7-21-37(41)46-42(55)26-27-44-47(46)38-22-8-11-24-43(38)56-44;1-3-14-31(15-4-1)33-18-13-19-34(26-33)50-52-49(32-16-5-2-6-17-32)53-51(54-50)42-28-35(27-41-38-22-9-12-25-47(38)57-48(41)42)55-43-23-10-7-20-36(43)39-29-40-37-21-8-11-24-45(37)56-46(40)30-44(39)55/h2*1-30H. The zero-order valence-electron chi connectivity index (χ0n) is 60.9. The van der Waals surface area contributed by atoms with Crippen LogP contribution in [0.4, 0.5) is 0 Å². The molecule has 0 unspecified atom stereocenters. The van der Waals surface area contributed by atoms with Crippen molar-refractivity contribution in [1.82, 2.24) is 39.0 Å². The Morgan fingerprint density at radius 2 is 0.596 bits per heavy atom. The van der Waals surface area contributed by atoms with Crippen LogP contribution in [0, 0.1) is 0 Å². The van der Waals surface area contributed by atoms with Crippen molar-refractivity contribution < 1.29 is 8.83 Å². The molecule has 0 N–H and O–H groups in total. The first-order chi connectivity index (χ1) is 56.5. The van der Waals surface area contributed by atoms with Crippen molar-refractivity contribution in [2.75, 3.05) is 0 Å². The van der Waals surface area contributed by atoms with Crippen molar-refractivity contribution in [2.24, 2.45) is 0 Å². The summed E-state index contributed by atoms with van der Waals surface area (Å²) in [5, 5.41) is 13.9. The van der Waals surface area contributed by atoms with Gasteiger partial charge in [-0.1, -0.05) is 267 Å². The fraction of sp³-hybridized carbons (Fsp3) is 0. The lowest BCUT2D eigenvalue weighted by atomic mass is 10.0. The minimum Gasteiger partial charge on any atom is -0.456 e. The molecule has 114 heavy (non-hydrogen) atoms. The van der Waals surface area contributed by atoms with E-state index >= 15 is 0 Å². The summed E-state index contributed by atoms with van der Waals surface area (Å²) in [6.45, 7) is 0. The Kier molecular flexibility index (Phi) is 15.1. The van der Waals surface area contributed by atoms with E-state index in [-0.39, 0.29) is 0 Å². The Morgan fingerprint density at radius 3 is 1.14 bits per heavy atom. The predicted octanol–water partition coefficient (Wildman–Crippen LogP) is 27.8. The number of nitrogens with zero attached hydrogens (tertiary/aromatic N) is 8. The summed E-state index contributed by atoms with van der Waals surface area (Å²) in [6, 6.07) is 127. The number of para-hydroxylation sites is 4. The normalized spacial score (nSPS) is 11.9. The molecular formula is C102H60N8O2S2. The van der Waals surface area contributed by atoms with Gasteiger partial charge in [-0.25, -0.2) is 29.9 Å². The average Bonchev–Trinajstić information content (AvgIpc) is 1.56. The fourth-order valence-corrected chi connectivity index (χ4v) is 19.2. The number of thiophene rings is 2. The van der Waals surface area contributed by atoms with Gasteiger partial charge in [0.25, 0.3) is 0 Å². The van der Waals surface area contributed by atoms with Gasteiger partial charge in [-0.2, -0.15) is 0 Å². The van der Waals surface area contributed by atoms with Crippen LogP contribution in [0.2, 0.25) is 0 Å². The molecule has 8 aromatic heterocycles. The molecule has 0 aliphatic rings. The summed E-state index contributed by atoms with van der Waals surface area (Å²) in [7, 11) is 0. The molecule has 24 rings (SSSR count). The Labute approximate surface area is 659 Å². The van der Waals surface area contributed by atoms with Gasteiger partial charge in [0.05, 0.1) is 22.1 Å².